The molecule has 26 heavy (non-hydrogen) atoms. The smallest absolute Gasteiger partial charge is 0.204 e. The van der Waals surface area contributed by atoms with E-state index in [1.165, 1.54) is 0 Å². The minimum Gasteiger partial charge on any atom is -0.490 e. The van der Waals surface area contributed by atoms with Gasteiger partial charge in [-0.1, -0.05) is 36.8 Å². The Morgan fingerprint density at radius 3 is 2.81 bits per heavy atom. The highest BCUT2D eigenvalue weighted by molar-refractivity contribution is 7.22. The number of anilines is 1. The zero-order chi connectivity index (χ0) is 18.2. The van der Waals surface area contributed by atoms with Crippen molar-refractivity contribution in [2.75, 3.05) is 18.6 Å². The summed E-state index contributed by atoms with van der Waals surface area (Å²) in [5, 5.41) is 5.06. The molecule has 0 bridgehead atoms. The van der Waals surface area contributed by atoms with Gasteiger partial charge in [-0.25, -0.2) is 4.98 Å². The zero-order valence-electron chi connectivity index (χ0n) is 15.1. The number of hydrogen-bond acceptors (Lipinski definition) is 6. The average molecular weight is 369 g/mol. The second-order valence-electron chi connectivity index (χ2n) is 5.70. The van der Waals surface area contributed by atoms with Crippen LogP contribution in [-0.2, 0) is 0 Å². The first-order chi connectivity index (χ1) is 12.8. The summed E-state index contributed by atoms with van der Waals surface area (Å²) in [7, 11) is 0. The highest BCUT2D eigenvalue weighted by Crippen LogP contribution is 2.28. The van der Waals surface area contributed by atoms with Crippen LogP contribution in [0.15, 0.2) is 47.6 Å². The van der Waals surface area contributed by atoms with Gasteiger partial charge in [0.15, 0.2) is 11.5 Å². The molecule has 3 aromatic rings. The van der Waals surface area contributed by atoms with Crippen LogP contribution in [0.1, 0.15) is 32.3 Å². The van der Waals surface area contributed by atoms with Gasteiger partial charge in [0.05, 0.1) is 29.6 Å². The Kier molecular flexibility index (Phi) is 6.44. The quantitative estimate of drug-likeness (QED) is 0.315. The van der Waals surface area contributed by atoms with Gasteiger partial charge in [0.2, 0.25) is 5.13 Å². The fourth-order valence-corrected chi connectivity index (χ4v) is 3.22. The van der Waals surface area contributed by atoms with Gasteiger partial charge in [-0.15, -0.1) is 0 Å². The normalized spacial score (nSPS) is 11.2. The van der Waals surface area contributed by atoms with Crippen molar-refractivity contribution in [1.82, 2.24) is 4.98 Å². The summed E-state index contributed by atoms with van der Waals surface area (Å²) < 4.78 is 12.6. The Balaban J connectivity index is 1.67. The van der Waals surface area contributed by atoms with Crippen molar-refractivity contribution in [1.29, 1.82) is 0 Å². The lowest BCUT2D eigenvalue weighted by Gasteiger charge is -2.12. The minimum absolute atomic E-state index is 0.592. The van der Waals surface area contributed by atoms with Crippen LogP contribution in [0.25, 0.3) is 10.2 Å². The first kappa shape index (κ1) is 18.2. The highest BCUT2D eigenvalue weighted by atomic mass is 32.1. The van der Waals surface area contributed by atoms with E-state index < -0.39 is 0 Å². The molecule has 0 fully saturated rings. The molecule has 136 valence electrons. The van der Waals surface area contributed by atoms with E-state index in [2.05, 4.69) is 22.4 Å². The van der Waals surface area contributed by atoms with Crippen molar-refractivity contribution < 1.29 is 9.47 Å². The number of benzene rings is 2. The van der Waals surface area contributed by atoms with Crippen LogP contribution in [0, 0.1) is 0 Å². The number of fused-ring (bicyclic) bond motifs is 1. The number of nitrogens with one attached hydrogen (secondary N) is 1. The van der Waals surface area contributed by atoms with Gasteiger partial charge in [0, 0.05) is 0 Å². The third-order valence-electron chi connectivity index (χ3n) is 3.69. The number of ether oxygens (including phenoxy) is 2. The maximum atomic E-state index is 5.80. The first-order valence-electron chi connectivity index (χ1n) is 8.84. The van der Waals surface area contributed by atoms with E-state index in [0.29, 0.717) is 13.2 Å². The molecule has 0 saturated carbocycles. The summed E-state index contributed by atoms with van der Waals surface area (Å²) in [5.74, 6) is 1.52. The van der Waals surface area contributed by atoms with E-state index in [0.717, 1.165) is 45.3 Å². The maximum absolute atomic E-state index is 5.80. The van der Waals surface area contributed by atoms with Gasteiger partial charge < -0.3 is 9.47 Å². The van der Waals surface area contributed by atoms with Gasteiger partial charge >= 0.3 is 0 Å². The molecule has 0 aliphatic rings. The molecular formula is C20H23N3O2S. The number of hydrazone groups is 1. The standard InChI is InChI=1S/C20H23N3O2S/c1-3-5-12-25-17-11-10-15(13-18(17)24-4-2)14-21-23-20-22-16-8-6-7-9-19(16)26-20/h6-11,13-14H,3-5,12H2,1-2H3,(H,22,23)/b21-14-. The van der Waals surface area contributed by atoms with Crippen LogP contribution >= 0.6 is 11.3 Å². The second kappa shape index (κ2) is 9.20. The van der Waals surface area contributed by atoms with Crippen LogP contribution in [0.4, 0.5) is 5.13 Å². The van der Waals surface area contributed by atoms with E-state index in [1.807, 2.05) is 49.4 Å². The summed E-state index contributed by atoms with van der Waals surface area (Å²) in [6.45, 7) is 5.40. The molecule has 0 aliphatic heterocycles. The molecule has 1 heterocycles. The topological polar surface area (TPSA) is 55.7 Å². The molecule has 0 amide bonds. The van der Waals surface area contributed by atoms with Crippen molar-refractivity contribution in [3.63, 3.8) is 0 Å². The van der Waals surface area contributed by atoms with Crippen LogP contribution in [0.2, 0.25) is 0 Å². The molecule has 1 aromatic heterocycles. The third kappa shape index (κ3) is 4.73. The summed E-state index contributed by atoms with van der Waals surface area (Å²) in [4.78, 5) is 4.50. The average Bonchev–Trinajstić information content (AvgIpc) is 3.06. The fourth-order valence-electron chi connectivity index (χ4n) is 2.40. The Bertz CT molecular complexity index is 843. The van der Waals surface area contributed by atoms with E-state index in [9.17, 15) is 0 Å². The van der Waals surface area contributed by atoms with Crippen LogP contribution < -0.4 is 14.9 Å². The van der Waals surface area contributed by atoms with Crippen LogP contribution in [-0.4, -0.2) is 24.4 Å². The van der Waals surface area contributed by atoms with Gasteiger partial charge in [-0.05, 0) is 49.2 Å². The molecule has 6 heteroatoms. The number of unbranched alkanes of at least 4 members (excludes halogenated alkanes) is 1. The van der Waals surface area contributed by atoms with Gasteiger partial charge in [0.1, 0.15) is 0 Å². The van der Waals surface area contributed by atoms with Crippen molar-refractivity contribution in [3.8, 4) is 11.5 Å². The number of para-hydroxylation sites is 1. The zero-order valence-corrected chi connectivity index (χ0v) is 15.9. The second-order valence-corrected chi connectivity index (χ2v) is 6.73. The van der Waals surface area contributed by atoms with E-state index in [1.54, 1.807) is 17.6 Å². The lowest BCUT2D eigenvalue weighted by molar-refractivity contribution is 0.272. The van der Waals surface area contributed by atoms with E-state index in [4.69, 9.17) is 9.47 Å². The summed E-state index contributed by atoms with van der Waals surface area (Å²) >= 11 is 1.58. The van der Waals surface area contributed by atoms with Gasteiger partial charge in [-0.2, -0.15) is 5.10 Å². The van der Waals surface area contributed by atoms with Crippen molar-refractivity contribution >= 4 is 32.9 Å². The molecule has 0 aliphatic carbocycles. The number of nitrogens with zero attached hydrogens (tertiary/aromatic N) is 2. The molecule has 3 rings (SSSR count). The van der Waals surface area contributed by atoms with E-state index >= 15 is 0 Å². The fraction of sp³-hybridized carbons (Fsp3) is 0.300. The summed E-state index contributed by atoms with van der Waals surface area (Å²) in [6.07, 6.45) is 3.89. The summed E-state index contributed by atoms with van der Waals surface area (Å²) in [6, 6.07) is 13.9. The predicted molar refractivity (Wildman–Crippen MR) is 109 cm³/mol. The monoisotopic (exact) mass is 369 g/mol. The Hall–Kier alpha value is -2.60. The van der Waals surface area contributed by atoms with Crippen molar-refractivity contribution in [3.05, 3.63) is 48.0 Å². The van der Waals surface area contributed by atoms with Crippen LogP contribution in [0.5, 0.6) is 11.5 Å². The number of hydrogen-bond donors (Lipinski definition) is 1. The van der Waals surface area contributed by atoms with Crippen molar-refractivity contribution in [2.45, 2.75) is 26.7 Å². The largest absolute Gasteiger partial charge is 0.490 e. The minimum atomic E-state index is 0.592. The lowest BCUT2D eigenvalue weighted by Crippen LogP contribution is -2.01. The Labute approximate surface area is 157 Å². The highest BCUT2D eigenvalue weighted by Gasteiger charge is 2.06. The number of thiazole rings is 1. The molecule has 0 radical (unpaired) electrons. The molecule has 5 nitrogen and oxygen atoms in total. The van der Waals surface area contributed by atoms with E-state index in [-0.39, 0.29) is 0 Å². The van der Waals surface area contributed by atoms with Gasteiger partial charge in [-0.3, -0.25) is 5.43 Å². The Morgan fingerprint density at radius 2 is 2.00 bits per heavy atom. The maximum Gasteiger partial charge on any atom is 0.204 e. The lowest BCUT2D eigenvalue weighted by atomic mass is 10.2. The Morgan fingerprint density at radius 1 is 1.12 bits per heavy atom. The molecule has 0 atom stereocenters. The predicted octanol–water partition coefficient (Wildman–Crippen LogP) is 5.32. The molecule has 1 N–H and O–H groups in total. The molecule has 0 saturated heterocycles. The number of aromatic nitrogens is 1. The summed E-state index contributed by atoms with van der Waals surface area (Å²) in [5.41, 5.74) is 4.90. The number of rotatable bonds is 9. The first-order valence-corrected chi connectivity index (χ1v) is 9.66. The molecule has 2 aromatic carbocycles. The van der Waals surface area contributed by atoms with Gasteiger partial charge in [0.25, 0.3) is 0 Å². The van der Waals surface area contributed by atoms with Crippen molar-refractivity contribution in [2.24, 2.45) is 5.10 Å². The third-order valence-corrected chi connectivity index (χ3v) is 4.63. The van der Waals surface area contributed by atoms with Crippen LogP contribution in [0.3, 0.4) is 0 Å². The molecule has 0 unspecified atom stereocenters. The molecular weight excluding hydrogens is 346 g/mol. The SMILES string of the molecule is CCCCOc1ccc(/C=N\Nc2nc3ccccc3s2)cc1OCC. The molecule has 0 spiro atoms.